The molecule has 1 atom stereocenters. The highest BCUT2D eigenvalue weighted by Crippen LogP contribution is 2.26. The van der Waals surface area contributed by atoms with Gasteiger partial charge in [-0.25, -0.2) is 4.39 Å². The first-order valence-electron chi connectivity index (χ1n) is 5.23. The molecule has 2 rings (SSSR count). The molecule has 1 aromatic carbocycles. The number of halogens is 1. The Kier molecular flexibility index (Phi) is 2.76. The predicted octanol–water partition coefficient (Wildman–Crippen LogP) is 2.27. The molecule has 1 N–H and O–H groups in total. The van der Waals surface area contributed by atoms with E-state index in [2.05, 4.69) is 12.2 Å². The highest BCUT2D eigenvalue weighted by Gasteiger charge is 2.34. The van der Waals surface area contributed by atoms with E-state index in [1.54, 1.807) is 12.1 Å². The van der Waals surface area contributed by atoms with Gasteiger partial charge in [-0.05, 0) is 31.5 Å². The molecule has 1 aliphatic rings. The topological polar surface area (TPSA) is 21.3 Å². The van der Waals surface area contributed by atoms with Crippen molar-refractivity contribution >= 4 is 0 Å². The van der Waals surface area contributed by atoms with Crippen molar-refractivity contribution in [1.82, 2.24) is 5.32 Å². The van der Waals surface area contributed by atoms with E-state index in [0.29, 0.717) is 0 Å². The first kappa shape index (κ1) is 10.6. The van der Waals surface area contributed by atoms with Crippen LogP contribution >= 0.6 is 0 Å². The second kappa shape index (κ2) is 3.91. The monoisotopic (exact) mass is 209 g/mol. The van der Waals surface area contributed by atoms with Gasteiger partial charge in [0.25, 0.3) is 0 Å². The molecule has 0 aromatic heterocycles. The van der Waals surface area contributed by atoms with E-state index in [0.717, 1.165) is 18.7 Å². The van der Waals surface area contributed by atoms with Gasteiger partial charge < -0.3 is 10.1 Å². The SMILES string of the molecule is CC(OC1(C)CNC1)c1ccc(F)cc1. The maximum atomic E-state index is 12.7. The van der Waals surface area contributed by atoms with E-state index >= 15 is 0 Å². The van der Waals surface area contributed by atoms with Crippen molar-refractivity contribution in [3.63, 3.8) is 0 Å². The van der Waals surface area contributed by atoms with Crippen LogP contribution in [0.5, 0.6) is 0 Å². The van der Waals surface area contributed by atoms with Crippen molar-refractivity contribution in [1.29, 1.82) is 0 Å². The normalized spacial score (nSPS) is 20.7. The maximum Gasteiger partial charge on any atom is 0.123 e. The Hall–Kier alpha value is -0.930. The first-order chi connectivity index (χ1) is 7.09. The van der Waals surface area contributed by atoms with E-state index in [9.17, 15) is 4.39 Å². The molecular formula is C12H16FNO. The molecule has 0 amide bonds. The van der Waals surface area contributed by atoms with Crippen LogP contribution < -0.4 is 5.32 Å². The molecular weight excluding hydrogens is 193 g/mol. The largest absolute Gasteiger partial charge is 0.365 e. The molecule has 0 bridgehead atoms. The molecule has 0 saturated carbocycles. The van der Waals surface area contributed by atoms with Crippen molar-refractivity contribution in [3.05, 3.63) is 35.6 Å². The van der Waals surface area contributed by atoms with Gasteiger partial charge in [0.1, 0.15) is 5.82 Å². The van der Waals surface area contributed by atoms with Gasteiger partial charge in [-0.2, -0.15) is 0 Å². The Bertz CT molecular complexity index is 332. The van der Waals surface area contributed by atoms with E-state index < -0.39 is 0 Å². The molecule has 82 valence electrons. The average Bonchev–Trinajstić information content (AvgIpc) is 2.16. The summed E-state index contributed by atoms with van der Waals surface area (Å²) in [6, 6.07) is 6.48. The average molecular weight is 209 g/mol. The van der Waals surface area contributed by atoms with Gasteiger partial charge in [-0.3, -0.25) is 0 Å². The summed E-state index contributed by atoms with van der Waals surface area (Å²) in [5.74, 6) is -0.206. The van der Waals surface area contributed by atoms with Crippen LogP contribution in [-0.4, -0.2) is 18.7 Å². The lowest BCUT2D eigenvalue weighted by Crippen LogP contribution is -2.59. The third kappa shape index (κ3) is 2.36. The fourth-order valence-corrected chi connectivity index (χ4v) is 1.79. The Labute approximate surface area is 89.4 Å². The standard InChI is InChI=1S/C12H16FNO/c1-9(15-12(2)7-14-8-12)10-3-5-11(13)6-4-10/h3-6,9,14H,7-8H2,1-2H3. The van der Waals surface area contributed by atoms with Gasteiger partial charge in [0, 0.05) is 13.1 Å². The van der Waals surface area contributed by atoms with Crippen LogP contribution in [0.25, 0.3) is 0 Å². The van der Waals surface area contributed by atoms with Gasteiger partial charge >= 0.3 is 0 Å². The molecule has 1 aliphatic heterocycles. The lowest BCUT2D eigenvalue weighted by Gasteiger charge is -2.41. The molecule has 15 heavy (non-hydrogen) atoms. The third-order valence-corrected chi connectivity index (χ3v) is 2.80. The highest BCUT2D eigenvalue weighted by molar-refractivity contribution is 5.18. The van der Waals surface area contributed by atoms with Crippen LogP contribution in [0.2, 0.25) is 0 Å². The molecule has 0 spiro atoms. The molecule has 0 aliphatic carbocycles. The van der Waals surface area contributed by atoms with Gasteiger partial charge in [-0.15, -0.1) is 0 Å². The molecule has 3 heteroatoms. The summed E-state index contributed by atoms with van der Waals surface area (Å²) in [6.45, 7) is 5.86. The minimum atomic E-state index is -0.206. The van der Waals surface area contributed by atoms with Gasteiger partial charge in [0.15, 0.2) is 0 Å². The van der Waals surface area contributed by atoms with Crippen LogP contribution in [0.15, 0.2) is 24.3 Å². The smallest absolute Gasteiger partial charge is 0.123 e. The maximum absolute atomic E-state index is 12.7. The number of ether oxygens (including phenoxy) is 1. The van der Waals surface area contributed by atoms with Crippen molar-refractivity contribution < 1.29 is 9.13 Å². The Morgan fingerprint density at radius 3 is 2.40 bits per heavy atom. The van der Waals surface area contributed by atoms with Gasteiger partial charge in [0.05, 0.1) is 11.7 Å². The fraction of sp³-hybridized carbons (Fsp3) is 0.500. The molecule has 2 nitrogen and oxygen atoms in total. The third-order valence-electron chi connectivity index (χ3n) is 2.80. The number of hydrogen-bond donors (Lipinski definition) is 1. The zero-order valence-corrected chi connectivity index (χ0v) is 9.09. The second-order valence-corrected chi connectivity index (χ2v) is 4.37. The summed E-state index contributed by atoms with van der Waals surface area (Å²) in [5.41, 5.74) is 0.956. The van der Waals surface area contributed by atoms with Gasteiger partial charge in [-0.1, -0.05) is 12.1 Å². The number of benzene rings is 1. The molecule has 1 aromatic rings. The van der Waals surface area contributed by atoms with Gasteiger partial charge in [0.2, 0.25) is 0 Å². The number of nitrogens with one attached hydrogen (secondary N) is 1. The minimum Gasteiger partial charge on any atom is -0.365 e. The van der Waals surface area contributed by atoms with Crippen molar-refractivity contribution in [3.8, 4) is 0 Å². The minimum absolute atomic E-state index is 0.0118. The van der Waals surface area contributed by atoms with Crippen molar-refractivity contribution in [2.45, 2.75) is 25.6 Å². The Balaban J connectivity index is 2.01. The van der Waals surface area contributed by atoms with Crippen LogP contribution in [0.3, 0.4) is 0 Å². The Morgan fingerprint density at radius 2 is 1.93 bits per heavy atom. The zero-order chi connectivity index (χ0) is 10.9. The summed E-state index contributed by atoms with van der Waals surface area (Å²) in [4.78, 5) is 0. The summed E-state index contributed by atoms with van der Waals surface area (Å²) in [6.07, 6.45) is 0.0118. The van der Waals surface area contributed by atoms with E-state index in [1.165, 1.54) is 12.1 Å². The molecule has 1 heterocycles. The summed E-state index contributed by atoms with van der Waals surface area (Å²) < 4.78 is 18.6. The quantitative estimate of drug-likeness (QED) is 0.824. The fourth-order valence-electron chi connectivity index (χ4n) is 1.79. The van der Waals surface area contributed by atoms with E-state index in [-0.39, 0.29) is 17.5 Å². The molecule has 1 fully saturated rings. The van der Waals surface area contributed by atoms with Crippen molar-refractivity contribution in [2.75, 3.05) is 13.1 Å². The number of rotatable bonds is 3. The van der Waals surface area contributed by atoms with Crippen LogP contribution in [-0.2, 0) is 4.74 Å². The highest BCUT2D eigenvalue weighted by atomic mass is 19.1. The molecule has 1 unspecified atom stereocenters. The second-order valence-electron chi connectivity index (χ2n) is 4.37. The summed E-state index contributed by atoms with van der Waals surface area (Å²) >= 11 is 0. The summed E-state index contributed by atoms with van der Waals surface area (Å²) in [5, 5.41) is 3.18. The van der Waals surface area contributed by atoms with E-state index in [1.807, 2.05) is 6.92 Å². The van der Waals surface area contributed by atoms with Crippen LogP contribution in [0.4, 0.5) is 4.39 Å². The molecule has 1 saturated heterocycles. The lowest BCUT2D eigenvalue weighted by molar-refractivity contribution is -0.106. The van der Waals surface area contributed by atoms with Crippen LogP contribution in [0.1, 0.15) is 25.5 Å². The predicted molar refractivity (Wildman–Crippen MR) is 57.2 cm³/mol. The van der Waals surface area contributed by atoms with Crippen molar-refractivity contribution in [2.24, 2.45) is 0 Å². The molecule has 0 radical (unpaired) electrons. The van der Waals surface area contributed by atoms with E-state index in [4.69, 9.17) is 4.74 Å². The van der Waals surface area contributed by atoms with Crippen LogP contribution in [0, 0.1) is 5.82 Å². The summed E-state index contributed by atoms with van der Waals surface area (Å²) in [7, 11) is 0. The number of hydrogen-bond acceptors (Lipinski definition) is 2. The first-order valence-corrected chi connectivity index (χ1v) is 5.23. The lowest BCUT2D eigenvalue weighted by atomic mass is 9.99. The Morgan fingerprint density at radius 1 is 1.33 bits per heavy atom. The zero-order valence-electron chi connectivity index (χ0n) is 9.09.